The van der Waals surface area contributed by atoms with Gasteiger partial charge in [0.2, 0.25) is 0 Å². The molecule has 0 aliphatic heterocycles. The highest BCUT2D eigenvalue weighted by Crippen LogP contribution is 2.11. The molecule has 0 saturated carbocycles. The molecule has 0 fully saturated rings. The molecule has 0 aromatic rings. The van der Waals surface area contributed by atoms with Crippen LogP contribution in [0.25, 0.3) is 0 Å². The van der Waals surface area contributed by atoms with E-state index in [-0.39, 0.29) is 5.95 Å². The second-order valence-electron chi connectivity index (χ2n) is 4.82. The molecule has 4 nitrogen and oxygen atoms in total. The summed E-state index contributed by atoms with van der Waals surface area (Å²) < 4.78 is 9.29. The van der Waals surface area contributed by atoms with Gasteiger partial charge in [-0.05, 0) is 18.9 Å². The van der Waals surface area contributed by atoms with Crippen LogP contribution in [-0.4, -0.2) is 11.9 Å². The Morgan fingerprint density at radius 1 is 1.11 bits per heavy atom. The molecule has 0 unspecified atom stereocenters. The third kappa shape index (κ3) is 11.3. The Morgan fingerprint density at radius 2 is 1.74 bits per heavy atom. The quantitative estimate of drug-likeness (QED) is 0.262. The van der Waals surface area contributed by atoms with Gasteiger partial charge in [0, 0.05) is 12.5 Å². The summed E-state index contributed by atoms with van der Waals surface area (Å²) in [4.78, 5) is 22.2. The maximum atomic E-state index is 11.4. The Labute approximate surface area is 115 Å². The average Bonchev–Trinajstić information content (AvgIpc) is 2.32. The number of ether oxygens (including phenoxy) is 2. The first-order valence-corrected chi connectivity index (χ1v) is 6.69. The van der Waals surface area contributed by atoms with E-state index in [4.69, 9.17) is 4.74 Å². The fraction of sp³-hybridized carbons (Fsp3) is 0.600. The largest absolute Gasteiger partial charge is 0.393 e. The first-order valence-electron chi connectivity index (χ1n) is 6.69. The van der Waals surface area contributed by atoms with Gasteiger partial charge in [-0.2, -0.15) is 0 Å². The number of hydrogen-bond donors (Lipinski definition) is 0. The second-order valence-corrected chi connectivity index (χ2v) is 4.82. The minimum atomic E-state index is -0.688. The zero-order valence-electron chi connectivity index (χ0n) is 11.9. The second kappa shape index (κ2) is 10.4. The van der Waals surface area contributed by atoms with Crippen LogP contribution in [-0.2, 0) is 19.1 Å². The molecule has 108 valence electrons. The molecule has 0 amide bonds. The average molecular weight is 268 g/mol. The summed E-state index contributed by atoms with van der Waals surface area (Å²) in [6.45, 7) is 11.0. The molecule has 0 aliphatic carbocycles. The highest BCUT2D eigenvalue weighted by molar-refractivity contribution is 5.82. The number of rotatable bonds is 10. The molecule has 4 heteroatoms. The highest BCUT2D eigenvalue weighted by Gasteiger charge is 2.08. The van der Waals surface area contributed by atoms with Crippen molar-refractivity contribution in [3.63, 3.8) is 0 Å². The van der Waals surface area contributed by atoms with Crippen LogP contribution in [0.4, 0.5) is 0 Å². The summed E-state index contributed by atoms with van der Waals surface area (Å²) in [5.74, 6) is -0.681. The van der Waals surface area contributed by atoms with E-state index >= 15 is 0 Å². The Kier molecular flexibility index (Phi) is 9.49. The molecule has 0 atom stereocenters. The van der Waals surface area contributed by atoms with Crippen LogP contribution in [0.15, 0.2) is 25.2 Å². The lowest BCUT2D eigenvalue weighted by Crippen LogP contribution is -2.08. The van der Waals surface area contributed by atoms with Crippen LogP contribution in [0.5, 0.6) is 0 Å². The normalized spacial score (nSPS) is 10.1. The van der Waals surface area contributed by atoms with E-state index in [0.717, 1.165) is 31.3 Å². The SMILES string of the molecule is C=CC(=O)OC(=C)OC(=O)CCCCCCC(C)C. The van der Waals surface area contributed by atoms with E-state index in [1.54, 1.807) is 0 Å². The number of esters is 2. The molecule has 0 aromatic heterocycles. The monoisotopic (exact) mass is 268 g/mol. The van der Waals surface area contributed by atoms with Crippen molar-refractivity contribution in [2.24, 2.45) is 5.92 Å². The lowest BCUT2D eigenvalue weighted by atomic mass is 10.0. The first-order chi connectivity index (χ1) is 8.95. The minimum Gasteiger partial charge on any atom is -0.393 e. The van der Waals surface area contributed by atoms with Crippen molar-refractivity contribution in [3.8, 4) is 0 Å². The standard InChI is InChI=1S/C15H24O4/c1-5-14(16)18-13(4)19-15(17)11-9-7-6-8-10-12(2)3/h5,12H,1,4,6-11H2,2-3H3. The summed E-state index contributed by atoms with van der Waals surface area (Å²) in [7, 11) is 0. The predicted molar refractivity (Wildman–Crippen MR) is 74.1 cm³/mol. The molecule has 19 heavy (non-hydrogen) atoms. The van der Waals surface area contributed by atoms with Crippen LogP contribution in [0.1, 0.15) is 52.4 Å². The highest BCUT2D eigenvalue weighted by atomic mass is 16.7. The van der Waals surface area contributed by atoms with E-state index in [1.165, 1.54) is 12.8 Å². The van der Waals surface area contributed by atoms with Crippen LogP contribution in [0.3, 0.4) is 0 Å². The third-order valence-corrected chi connectivity index (χ3v) is 2.52. The molecule has 0 N–H and O–H groups in total. The van der Waals surface area contributed by atoms with Gasteiger partial charge in [-0.25, -0.2) is 4.79 Å². The van der Waals surface area contributed by atoms with E-state index < -0.39 is 11.9 Å². The van der Waals surface area contributed by atoms with Gasteiger partial charge in [-0.1, -0.05) is 46.1 Å². The molecule has 0 bridgehead atoms. The van der Waals surface area contributed by atoms with Gasteiger partial charge >= 0.3 is 11.9 Å². The van der Waals surface area contributed by atoms with Gasteiger partial charge in [0.15, 0.2) is 0 Å². The van der Waals surface area contributed by atoms with Crippen molar-refractivity contribution in [2.45, 2.75) is 52.4 Å². The number of hydrogen-bond acceptors (Lipinski definition) is 4. The Morgan fingerprint density at radius 3 is 2.32 bits per heavy atom. The zero-order valence-corrected chi connectivity index (χ0v) is 11.9. The van der Waals surface area contributed by atoms with Gasteiger partial charge in [0.1, 0.15) is 0 Å². The third-order valence-electron chi connectivity index (χ3n) is 2.52. The van der Waals surface area contributed by atoms with Crippen molar-refractivity contribution in [1.29, 1.82) is 0 Å². The summed E-state index contributed by atoms with van der Waals surface area (Å²) in [6, 6.07) is 0. The molecule has 0 aromatic carbocycles. The summed E-state index contributed by atoms with van der Waals surface area (Å²) in [6.07, 6.45) is 6.60. The lowest BCUT2D eigenvalue weighted by Gasteiger charge is -2.06. The molecule has 0 heterocycles. The van der Waals surface area contributed by atoms with Crippen molar-refractivity contribution < 1.29 is 19.1 Å². The molecular weight excluding hydrogens is 244 g/mol. The van der Waals surface area contributed by atoms with Crippen molar-refractivity contribution in [2.75, 3.05) is 0 Å². The van der Waals surface area contributed by atoms with Gasteiger partial charge in [0.25, 0.3) is 5.95 Å². The van der Waals surface area contributed by atoms with Gasteiger partial charge in [-0.3, -0.25) is 4.79 Å². The van der Waals surface area contributed by atoms with E-state index in [1.807, 2.05) is 0 Å². The Balaban J connectivity index is 3.56. The van der Waals surface area contributed by atoms with Crippen molar-refractivity contribution >= 4 is 11.9 Å². The molecule has 0 radical (unpaired) electrons. The smallest absolute Gasteiger partial charge is 0.337 e. The van der Waals surface area contributed by atoms with Crippen molar-refractivity contribution in [1.82, 2.24) is 0 Å². The Bertz CT molecular complexity index is 318. The van der Waals surface area contributed by atoms with Gasteiger partial charge < -0.3 is 9.47 Å². The number of carbonyl (C=O) groups excluding carboxylic acids is 2. The van der Waals surface area contributed by atoms with Gasteiger partial charge in [-0.15, -0.1) is 0 Å². The van der Waals surface area contributed by atoms with Crippen LogP contribution in [0.2, 0.25) is 0 Å². The minimum absolute atomic E-state index is 0.297. The number of unbranched alkanes of at least 4 members (excludes halogenated alkanes) is 3. The number of carbonyl (C=O) groups is 2. The maximum Gasteiger partial charge on any atom is 0.337 e. The van der Waals surface area contributed by atoms with Crippen LogP contribution in [0, 0.1) is 5.92 Å². The van der Waals surface area contributed by atoms with Gasteiger partial charge in [0.05, 0.1) is 0 Å². The Hall–Kier alpha value is -1.58. The van der Waals surface area contributed by atoms with E-state index in [2.05, 4.69) is 31.7 Å². The lowest BCUT2D eigenvalue weighted by molar-refractivity contribution is -0.150. The molecule has 0 rings (SSSR count). The summed E-state index contributed by atoms with van der Waals surface area (Å²) >= 11 is 0. The van der Waals surface area contributed by atoms with E-state index in [0.29, 0.717) is 6.42 Å². The van der Waals surface area contributed by atoms with Crippen molar-refractivity contribution in [3.05, 3.63) is 25.2 Å². The molecule has 0 aliphatic rings. The molecular formula is C15H24O4. The summed E-state index contributed by atoms with van der Waals surface area (Å²) in [5.41, 5.74) is 0. The van der Waals surface area contributed by atoms with Crippen LogP contribution >= 0.6 is 0 Å². The topological polar surface area (TPSA) is 52.6 Å². The van der Waals surface area contributed by atoms with E-state index in [9.17, 15) is 9.59 Å². The van der Waals surface area contributed by atoms with Crippen LogP contribution < -0.4 is 0 Å². The fourth-order valence-electron chi connectivity index (χ4n) is 1.53. The maximum absolute atomic E-state index is 11.4. The first kappa shape index (κ1) is 17.4. The summed E-state index contributed by atoms with van der Waals surface area (Å²) in [5, 5.41) is 0. The molecule has 0 saturated heterocycles. The molecule has 0 spiro atoms. The fourth-order valence-corrected chi connectivity index (χ4v) is 1.53. The zero-order chi connectivity index (χ0) is 14.7. The predicted octanol–water partition coefficient (Wildman–Crippen LogP) is 3.73.